The summed E-state index contributed by atoms with van der Waals surface area (Å²) in [5, 5.41) is 6.28. The van der Waals surface area contributed by atoms with Crippen LogP contribution in [-0.4, -0.2) is 60.2 Å². The van der Waals surface area contributed by atoms with Crippen molar-refractivity contribution in [3.8, 4) is 0 Å². The highest BCUT2D eigenvalue weighted by Crippen LogP contribution is 2.23. The van der Waals surface area contributed by atoms with Crippen LogP contribution in [0.2, 0.25) is 0 Å². The van der Waals surface area contributed by atoms with Gasteiger partial charge in [-0.3, -0.25) is 9.69 Å². The Morgan fingerprint density at radius 3 is 2.56 bits per heavy atom. The second-order valence-corrected chi connectivity index (χ2v) is 6.79. The Kier molecular flexibility index (Phi) is 6.36. The lowest BCUT2D eigenvalue weighted by Gasteiger charge is -2.26. The van der Waals surface area contributed by atoms with Gasteiger partial charge in [0.1, 0.15) is 17.3 Å². The van der Waals surface area contributed by atoms with Gasteiger partial charge in [-0.25, -0.2) is 9.97 Å². The van der Waals surface area contributed by atoms with Gasteiger partial charge in [-0.15, -0.1) is 0 Å². The molecule has 144 valence electrons. The molecule has 27 heavy (non-hydrogen) atoms. The molecule has 1 aromatic carbocycles. The average molecular weight is 369 g/mol. The lowest BCUT2D eigenvalue weighted by Crippen LogP contribution is -2.41. The molecule has 2 aromatic rings. The maximum Gasteiger partial charge on any atom is 0.270 e. The first-order valence-corrected chi connectivity index (χ1v) is 9.30. The third kappa shape index (κ3) is 5.24. The minimum Gasteiger partial charge on any atom is -0.379 e. The normalized spacial score (nSPS) is 14.8. The first kappa shape index (κ1) is 19.3. The molecule has 1 fully saturated rings. The molecular formula is C20H27N5O2. The minimum absolute atomic E-state index is 0.182. The number of rotatable bonds is 6. The summed E-state index contributed by atoms with van der Waals surface area (Å²) >= 11 is 0. The van der Waals surface area contributed by atoms with Crippen molar-refractivity contribution in [1.29, 1.82) is 0 Å². The van der Waals surface area contributed by atoms with Gasteiger partial charge in [-0.05, 0) is 31.9 Å². The Morgan fingerprint density at radius 1 is 1.15 bits per heavy atom. The Hall–Kier alpha value is -2.51. The molecule has 0 aliphatic carbocycles. The van der Waals surface area contributed by atoms with Crippen LogP contribution in [0.4, 0.5) is 11.5 Å². The van der Waals surface area contributed by atoms with E-state index in [-0.39, 0.29) is 5.91 Å². The number of anilines is 2. The first-order valence-electron chi connectivity index (χ1n) is 9.30. The molecule has 1 amide bonds. The largest absolute Gasteiger partial charge is 0.379 e. The number of carbonyl (C=O) groups excluding carboxylic acids is 1. The second-order valence-electron chi connectivity index (χ2n) is 6.79. The summed E-state index contributed by atoms with van der Waals surface area (Å²) in [6.45, 7) is 10.6. The van der Waals surface area contributed by atoms with Crippen molar-refractivity contribution in [1.82, 2.24) is 20.2 Å². The van der Waals surface area contributed by atoms with E-state index in [1.807, 2.05) is 32.0 Å². The molecule has 0 unspecified atom stereocenters. The summed E-state index contributed by atoms with van der Waals surface area (Å²) in [5.41, 5.74) is 3.64. The Labute approximate surface area is 160 Å². The van der Waals surface area contributed by atoms with Gasteiger partial charge in [0.15, 0.2) is 0 Å². The molecule has 1 aromatic heterocycles. The molecule has 7 heteroatoms. The van der Waals surface area contributed by atoms with Crippen LogP contribution >= 0.6 is 0 Å². The molecule has 1 saturated heterocycles. The number of amides is 1. The zero-order valence-corrected chi connectivity index (χ0v) is 16.2. The molecule has 7 nitrogen and oxygen atoms in total. The fourth-order valence-corrected chi connectivity index (χ4v) is 3.13. The summed E-state index contributed by atoms with van der Waals surface area (Å²) in [7, 11) is 0. The predicted molar refractivity (Wildman–Crippen MR) is 106 cm³/mol. The van der Waals surface area contributed by atoms with E-state index in [1.165, 1.54) is 0 Å². The van der Waals surface area contributed by atoms with Crippen molar-refractivity contribution < 1.29 is 9.53 Å². The van der Waals surface area contributed by atoms with Gasteiger partial charge in [-0.1, -0.05) is 18.2 Å². The van der Waals surface area contributed by atoms with Crippen LogP contribution in [0.15, 0.2) is 24.3 Å². The summed E-state index contributed by atoms with van der Waals surface area (Å²) in [5.74, 6) is 1.00. The molecule has 1 aliphatic heterocycles. The van der Waals surface area contributed by atoms with Crippen molar-refractivity contribution in [3.05, 3.63) is 46.9 Å². The molecule has 2 N–H and O–H groups in total. The van der Waals surface area contributed by atoms with Crippen LogP contribution in [-0.2, 0) is 4.74 Å². The zero-order chi connectivity index (χ0) is 19.2. The maximum absolute atomic E-state index is 12.5. The molecule has 1 aliphatic rings. The summed E-state index contributed by atoms with van der Waals surface area (Å²) < 4.78 is 5.34. The highest BCUT2D eigenvalue weighted by atomic mass is 16.5. The number of morpholine rings is 1. The third-order valence-electron chi connectivity index (χ3n) is 4.62. The number of para-hydroxylation sites is 1. The number of hydrogen-bond donors (Lipinski definition) is 2. The van der Waals surface area contributed by atoms with Crippen molar-refractivity contribution >= 4 is 17.4 Å². The fourth-order valence-electron chi connectivity index (χ4n) is 3.13. The van der Waals surface area contributed by atoms with E-state index in [0.29, 0.717) is 23.9 Å². The SMILES string of the molecule is Cc1nc(Nc2c(C)cccc2C)cc(C(=O)NCCN2CCOCC2)n1. The Morgan fingerprint density at radius 2 is 1.85 bits per heavy atom. The number of aryl methyl sites for hydroxylation is 3. The van der Waals surface area contributed by atoms with Crippen LogP contribution in [0, 0.1) is 20.8 Å². The number of hydrogen-bond acceptors (Lipinski definition) is 6. The predicted octanol–water partition coefficient (Wildman–Crippen LogP) is 2.21. The zero-order valence-electron chi connectivity index (χ0n) is 16.2. The summed E-state index contributed by atoms with van der Waals surface area (Å²) in [4.78, 5) is 23.5. The van der Waals surface area contributed by atoms with Crippen molar-refractivity contribution in [3.63, 3.8) is 0 Å². The highest BCUT2D eigenvalue weighted by molar-refractivity contribution is 5.93. The van der Waals surface area contributed by atoms with Crippen molar-refractivity contribution in [2.45, 2.75) is 20.8 Å². The molecular weight excluding hydrogens is 342 g/mol. The van der Waals surface area contributed by atoms with E-state index in [0.717, 1.165) is 49.7 Å². The van der Waals surface area contributed by atoms with E-state index in [9.17, 15) is 4.79 Å². The lowest BCUT2D eigenvalue weighted by atomic mass is 10.1. The smallest absolute Gasteiger partial charge is 0.270 e. The monoisotopic (exact) mass is 369 g/mol. The Balaban J connectivity index is 1.64. The number of carbonyl (C=O) groups is 1. The molecule has 0 bridgehead atoms. The molecule has 0 atom stereocenters. The highest BCUT2D eigenvalue weighted by Gasteiger charge is 2.13. The van der Waals surface area contributed by atoms with Crippen LogP contribution < -0.4 is 10.6 Å². The lowest BCUT2D eigenvalue weighted by molar-refractivity contribution is 0.0383. The van der Waals surface area contributed by atoms with Crippen molar-refractivity contribution in [2.75, 3.05) is 44.7 Å². The van der Waals surface area contributed by atoms with E-state index < -0.39 is 0 Å². The third-order valence-corrected chi connectivity index (χ3v) is 4.62. The van der Waals surface area contributed by atoms with Crippen LogP contribution in [0.25, 0.3) is 0 Å². The summed E-state index contributed by atoms with van der Waals surface area (Å²) in [6.07, 6.45) is 0. The molecule has 0 saturated carbocycles. The van der Waals surface area contributed by atoms with Crippen LogP contribution in [0.1, 0.15) is 27.4 Å². The van der Waals surface area contributed by atoms with E-state index in [4.69, 9.17) is 4.74 Å². The average Bonchev–Trinajstić information content (AvgIpc) is 2.65. The molecule has 3 rings (SSSR count). The van der Waals surface area contributed by atoms with Gasteiger partial charge in [0, 0.05) is 37.9 Å². The summed E-state index contributed by atoms with van der Waals surface area (Å²) in [6, 6.07) is 7.81. The van der Waals surface area contributed by atoms with E-state index in [1.54, 1.807) is 13.0 Å². The van der Waals surface area contributed by atoms with Gasteiger partial charge >= 0.3 is 0 Å². The molecule has 0 radical (unpaired) electrons. The topological polar surface area (TPSA) is 79.4 Å². The number of nitrogens with one attached hydrogen (secondary N) is 2. The molecule has 2 heterocycles. The van der Waals surface area contributed by atoms with Gasteiger partial charge in [-0.2, -0.15) is 0 Å². The quantitative estimate of drug-likeness (QED) is 0.813. The second kappa shape index (κ2) is 8.92. The first-order chi connectivity index (χ1) is 13.0. The van der Waals surface area contributed by atoms with Crippen LogP contribution in [0.5, 0.6) is 0 Å². The van der Waals surface area contributed by atoms with Gasteiger partial charge < -0.3 is 15.4 Å². The standard InChI is InChI=1S/C20H27N5O2/c1-14-5-4-6-15(2)19(14)24-18-13-17(22-16(3)23-18)20(26)21-7-8-25-9-11-27-12-10-25/h4-6,13H,7-12H2,1-3H3,(H,21,26)(H,22,23,24). The van der Waals surface area contributed by atoms with Crippen molar-refractivity contribution in [2.24, 2.45) is 0 Å². The maximum atomic E-state index is 12.5. The van der Waals surface area contributed by atoms with E-state index in [2.05, 4.69) is 25.5 Å². The Bertz CT molecular complexity index is 783. The number of aromatic nitrogens is 2. The van der Waals surface area contributed by atoms with Gasteiger partial charge in [0.2, 0.25) is 0 Å². The van der Waals surface area contributed by atoms with Gasteiger partial charge in [0.25, 0.3) is 5.91 Å². The number of benzene rings is 1. The fraction of sp³-hybridized carbons (Fsp3) is 0.450. The number of nitrogens with zero attached hydrogens (tertiary/aromatic N) is 3. The minimum atomic E-state index is -0.182. The number of ether oxygens (including phenoxy) is 1. The van der Waals surface area contributed by atoms with E-state index >= 15 is 0 Å². The molecule has 0 spiro atoms. The van der Waals surface area contributed by atoms with Crippen LogP contribution in [0.3, 0.4) is 0 Å². The van der Waals surface area contributed by atoms with Gasteiger partial charge in [0.05, 0.1) is 13.2 Å².